The Morgan fingerprint density at radius 2 is 1.50 bits per heavy atom. The molecule has 0 unspecified atom stereocenters. The van der Waals surface area contributed by atoms with Crippen LogP contribution in [0.15, 0.2) is 12.7 Å². The summed E-state index contributed by atoms with van der Waals surface area (Å²) in [6.45, 7) is 3.09. The quantitative estimate of drug-likeness (QED) is 0.539. The molecule has 10 heavy (non-hydrogen) atoms. The predicted molar refractivity (Wildman–Crippen MR) is 45.5 cm³/mol. The molecule has 0 aromatic heterocycles. The fourth-order valence-electron chi connectivity index (χ4n) is 0. The minimum atomic E-state index is -1.61. The van der Waals surface area contributed by atoms with E-state index in [4.69, 9.17) is 46.4 Å². The summed E-state index contributed by atoms with van der Waals surface area (Å²) in [5.41, 5.74) is 4.53. The van der Waals surface area contributed by atoms with Gasteiger partial charge in [0.1, 0.15) is 0 Å². The molecule has 0 fully saturated rings. The molecule has 0 aliphatic rings. The Morgan fingerprint density at radius 1 is 1.40 bits per heavy atom. The van der Waals surface area contributed by atoms with Crippen LogP contribution in [0.3, 0.4) is 0 Å². The Balaban J connectivity index is 0. The van der Waals surface area contributed by atoms with Gasteiger partial charge in [0.05, 0.1) is 0 Å². The van der Waals surface area contributed by atoms with Gasteiger partial charge in [0.15, 0.2) is 0 Å². The maximum Gasteiger partial charge on any atom is 0.266 e. The van der Waals surface area contributed by atoms with E-state index < -0.39 is 9.16 Å². The highest BCUT2D eigenvalue weighted by molar-refractivity contribution is 6.83. The molecule has 60 valence electrons. The zero-order valence-corrected chi connectivity index (χ0v) is 7.81. The number of hydrogen-bond donors (Lipinski definition) is 1. The van der Waals surface area contributed by atoms with Gasteiger partial charge >= 0.3 is 0 Å². The van der Waals surface area contributed by atoms with Gasteiger partial charge in [-0.05, 0) is 6.08 Å². The molecule has 0 aromatic carbocycles. The fraction of sp³-hybridized carbons (Fsp3) is 0.250. The average Bonchev–Trinajstić information content (AvgIpc) is 1.61. The number of nitrogens with two attached hydrogens (primary N) is 1. The molecule has 2 N–H and O–H groups in total. The molecular weight excluding hydrogens is 220 g/mol. The molecule has 0 atom stereocenters. The number of alkyl halides is 4. The number of amides is 1. The molecule has 0 saturated carbocycles. The van der Waals surface area contributed by atoms with Crippen molar-refractivity contribution in [3.05, 3.63) is 12.7 Å². The van der Waals surface area contributed by atoms with Gasteiger partial charge in [-0.3, -0.25) is 4.79 Å². The van der Waals surface area contributed by atoms with Gasteiger partial charge in [0, 0.05) is 0 Å². The third kappa shape index (κ3) is 80.9. The molecule has 2 nitrogen and oxygen atoms in total. The Bertz CT molecular complexity index is 113. The lowest BCUT2D eigenvalue weighted by Crippen LogP contribution is -2.04. The lowest BCUT2D eigenvalue weighted by Gasteiger charge is -1.91. The van der Waals surface area contributed by atoms with E-state index in [0.29, 0.717) is 0 Å². The van der Waals surface area contributed by atoms with E-state index in [1.165, 1.54) is 0 Å². The highest BCUT2D eigenvalue weighted by Crippen LogP contribution is 2.29. The number of hydrogen-bond acceptors (Lipinski definition) is 1. The van der Waals surface area contributed by atoms with E-state index >= 15 is 0 Å². The topological polar surface area (TPSA) is 43.1 Å². The van der Waals surface area contributed by atoms with Crippen LogP contribution in [0.1, 0.15) is 0 Å². The summed E-state index contributed by atoms with van der Waals surface area (Å²) in [4.78, 5) is 9.47. The van der Waals surface area contributed by atoms with Gasteiger partial charge in [-0.25, -0.2) is 0 Å². The second-order valence-corrected chi connectivity index (χ2v) is 4.46. The normalized spacial score (nSPS) is 9.20. The van der Waals surface area contributed by atoms with Gasteiger partial charge < -0.3 is 5.73 Å². The van der Waals surface area contributed by atoms with Gasteiger partial charge in [-0.15, -0.1) is 0 Å². The summed E-state index contributed by atoms with van der Waals surface area (Å²) in [7, 11) is 0. The van der Waals surface area contributed by atoms with Crippen molar-refractivity contribution in [1.29, 1.82) is 0 Å². The molecule has 1 amide bonds. The molecule has 0 saturated heterocycles. The second kappa shape index (κ2) is 6.10. The zero-order valence-electron chi connectivity index (χ0n) is 4.78. The number of halogens is 4. The van der Waals surface area contributed by atoms with Crippen molar-refractivity contribution < 1.29 is 4.79 Å². The highest BCUT2D eigenvalue weighted by Gasteiger charge is 2.11. The van der Waals surface area contributed by atoms with E-state index in [1.54, 1.807) is 0 Å². The highest BCUT2D eigenvalue weighted by atomic mass is 35.6. The summed E-state index contributed by atoms with van der Waals surface area (Å²) in [5.74, 6) is -0.481. The Labute approximate surface area is 78.9 Å². The number of carbonyl (C=O) groups excluding carboxylic acids is 1. The lowest BCUT2D eigenvalue weighted by molar-refractivity contribution is -0.113. The predicted octanol–water partition coefficient (Wildman–Crippen LogP) is 2.21. The van der Waals surface area contributed by atoms with Crippen LogP contribution in [-0.2, 0) is 4.79 Å². The summed E-state index contributed by atoms with van der Waals surface area (Å²) in [6, 6.07) is 0. The van der Waals surface area contributed by atoms with Crippen molar-refractivity contribution in [3.8, 4) is 0 Å². The first-order valence-corrected chi connectivity index (χ1v) is 3.46. The first-order valence-electron chi connectivity index (χ1n) is 1.95. The van der Waals surface area contributed by atoms with Gasteiger partial charge in [-0.1, -0.05) is 53.0 Å². The van der Waals surface area contributed by atoms with Crippen LogP contribution in [0.2, 0.25) is 0 Å². The van der Waals surface area contributed by atoms with Crippen LogP contribution >= 0.6 is 46.4 Å². The maximum absolute atomic E-state index is 9.47. The zero-order chi connectivity index (χ0) is 8.78. The van der Waals surface area contributed by atoms with Crippen LogP contribution in [-0.4, -0.2) is 9.16 Å². The largest absolute Gasteiger partial charge is 0.366 e. The van der Waals surface area contributed by atoms with Crippen molar-refractivity contribution in [1.82, 2.24) is 0 Å². The van der Waals surface area contributed by atoms with Gasteiger partial charge in [0.25, 0.3) is 3.25 Å². The van der Waals surface area contributed by atoms with Gasteiger partial charge in [0.2, 0.25) is 5.91 Å². The van der Waals surface area contributed by atoms with E-state index in [0.717, 1.165) is 6.08 Å². The van der Waals surface area contributed by atoms with Crippen LogP contribution in [0.25, 0.3) is 0 Å². The number of rotatable bonds is 1. The van der Waals surface area contributed by atoms with Crippen molar-refractivity contribution in [3.63, 3.8) is 0 Å². The van der Waals surface area contributed by atoms with Gasteiger partial charge in [-0.2, -0.15) is 0 Å². The minimum absolute atomic E-state index is 0.481. The van der Waals surface area contributed by atoms with E-state index in [1.807, 2.05) is 0 Å². The van der Waals surface area contributed by atoms with Crippen LogP contribution in [0.5, 0.6) is 0 Å². The van der Waals surface area contributed by atoms with Crippen molar-refractivity contribution in [2.45, 2.75) is 3.25 Å². The van der Waals surface area contributed by atoms with Crippen LogP contribution < -0.4 is 5.73 Å². The molecule has 0 heterocycles. The minimum Gasteiger partial charge on any atom is -0.366 e. The monoisotopic (exact) mass is 223 g/mol. The third-order valence-electron chi connectivity index (χ3n) is 0.201. The lowest BCUT2D eigenvalue weighted by atomic mass is 10.6. The fourth-order valence-corrected chi connectivity index (χ4v) is 0. The Morgan fingerprint density at radius 3 is 1.50 bits per heavy atom. The standard InChI is InChI=1S/C3H5NO.CCl4/c1-2-3(4)5;2-1(3,4)5/h2H,1H2,(H2,4,5);. The first kappa shape index (κ1) is 13.0. The van der Waals surface area contributed by atoms with E-state index in [2.05, 4.69) is 12.3 Å². The summed E-state index contributed by atoms with van der Waals surface area (Å²) in [6.07, 6.45) is 1.06. The van der Waals surface area contributed by atoms with E-state index in [9.17, 15) is 4.79 Å². The molecule has 0 spiro atoms. The van der Waals surface area contributed by atoms with Crippen LogP contribution in [0, 0.1) is 0 Å². The van der Waals surface area contributed by atoms with Crippen molar-refractivity contribution in [2.75, 3.05) is 0 Å². The SMILES string of the molecule is C=CC(N)=O.ClC(Cl)(Cl)Cl. The van der Waals surface area contributed by atoms with Crippen molar-refractivity contribution >= 4 is 52.3 Å². The maximum atomic E-state index is 9.47. The van der Waals surface area contributed by atoms with E-state index in [-0.39, 0.29) is 0 Å². The Kier molecular flexibility index (Phi) is 7.93. The first-order chi connectivity index (χ1) is 4.27. The smallest absolute Gasteiger partial charge is 0.266 e. The molecule has 6 heteroatoms. The molecule has 0 aliphatic heterocycles. The Hall–Kier alpha value is 0.370. The summed E-state index contributed by atoms with van der Waals surface area (Å²) in [5, 5.41) is 0. The molecule has 0 rings (SSSR count). The summed E-state index contributed by atoms with van der Waals surface area (Å²) >= 11 is 19.3. The molecule has 0 aliphatic carbocycles. The number of primary amides is 1. The third-order valence-corrected chi connectivity index (χ3v) is 0.201. The summed E-state index contributed by atoms with van der Waals surface area (Å²) < 4.78 is -1.61. The molecule has 0 bridgehead atoms. The number of carbonyl (C=O) groups is 1. The van der Waals surface area contributed by atoms with Crippen LogP contribution in [0.4, 0.5) is 0 Å². The molecular formula is C4H5Cl4NO. The second-order valence-electron chi connectivity index (χ2n) is 1.04. The average molecular weight is 225 g/mol. The molecule has 0 radical (unpaired) electrons. The molecule has 0 aromatic rings. The van der Waals surface area contributed by atoms with Crippen molar-refractivity contribution in [2.24, 2.45) is 5.73 Å².